The Hall–Kier alpha value is -2.32. The lowest BCUT2D eigenvalue weighted by atomic mass is 9.97. The summed E-state index contributed by atoms with van der Waals surface area (Å²) in [7, 11) is 0. The van der Waals surface area contributed by atoms with E-state index in [9.17, 15) is 9.18 Å². The van der Waals surface area contributed by atoms with Crippen molar-refractivity contribution >= 4 is 5.91 Å². The van der Waals surface area contributed by atoms with Gasteiger partial charge in [0.2, 0.25) is 17.7 Å². The Balaban J connectivity index is 1.24. The molecule has 0 bridgehead atoms. The number of halogens is 1. The molecule has 2 saturated heterocycles. The van der Waals surface area contributed by atoms with Crippen LogP contribution in [0.5, 0.6) is 0 Å². The molecule has 2 aliphatic heterocycles. The van der Waals surface area contributed by atoms with E-state index < -0.39 is 0 Å². The molecule has 0 aliphatic carbocycles. The van der Waals surface area contributed by atoms with E-state index in [0.717, 1.165) is 45.4 Å². The third-order valence-corrected chi connectivity index (χ3v) is 5.39. The predicted octanol–water partition coefficient (Wildman–Crippen LogP) is 2.35. The summed E-state index contributed by atoms with van der Waals surface area (Å²) in [5, 5.41) is 11.2. The molecule has 7 nitrogen and oxygen atoms in total. The molecule has 1 unspecified atom stereocenters. The number of benzene rings is 1. The number of likely N-dealkylation sites (tertiary alicyclic amines) is 1. The van der Waals surface area contributed by atoms with Gasteiger partial charge in [-0.05, 0) is 63.0 Å². The molecule has 0 radical (unpaired) electrons. The van der Waals surface area contributed by atoms with Gasteiger partial charge < -0.3 is 14.5 Å². The molecule has 0 spiro atoms. The van der Waals surface area contributed by atoms with Crippen LogP contribution in [0.1, 0.15) is 37.5 Å². The Labute approximate surface area is 163 Å². The number of rotatable bonds is 6. The summed E-state index contributed by atoms with van der Waals surface area (Å²) in [6.45, 7) is 3.43. The standard InChI is InChI=1S/C20H25FN4O3/c21-16-5-3-14(4-6-16)19-23-24-20(28-19)15-7-9-25(10-8-15)13-18(26)22-12-17-2-1-11-27-17/h3-6,15,17H,1-2,7-13H2,(H,22,26). The molecule has 4 rings (SSSR count). The molecule has 1 aromatic heterocycles. The zero-order chi connectivity index (χ0) is 19.3. The minimum Gasteiger partial charge on any atom is -0.420 e. The summed E-state index contributed by atoms with van der Waals surface area (Å²) >= 11 is 0. The summed E-state index contributed by atoms with van der Waals surface area (Å²) in [5.74, 6) is 0.960. The molecule has 8 heteroatoms. The molecule has 2 fully saturated rings. The van der Waals surface area contributed by atoms with E-state index in [-0.39, 0.29) is 23.7 Å². The number of hydrogen-bond acceptors (Lipinski definition) is 6. The molecule has 150 valence electrons. The summed E-state index contributed by atoms with van der Waals surface area (Å²) < 4.78 is 24.4. The maximum atomic E-state index is 13.0. The fourth-order valence-electron chi connectivity index (χ4n) is 3.74. The van der Waals surface area contributed by atoms with Crippen molar-refractivity contribution in [3.63, 3.8) is 0 Å². The van der Waals surface area contributed by atoms with Crippen molar-refractivity contribution in [2.45, 2.75) is 37.7 Å². The minimum absolute atomic E-state index is 0.0466. The van der Waals surface area contributed by atoms with Gasteiger partial charge in [-0.15, -0.1) is 10.2 Å². The first kappa shape index (κ1) is 19.0. The maximum absolute atomic E-state index is 13.0. The first-order valence-corrected chi connectivity index (χ1v) is 9.87. The van der Waals surface area contributed by atoms with Gasteiger partial charge in [0.25, 0.3) is 0 Å². The predicted molar refractivity (Wildman–Crippen MR) is 100 cm³/mol. The van der Waals surface area contributed by atoms with Crippen molar-refractivity contribution < 1.29 is 18.3 Å². The van der Waals surface area contributed by atoms with Crippen molar-refractivity contribution in [3.8, 4) is 11.5 Å². The molecular weight excluding hydrogens is 363 g/mol. The topological polar surface area (TPSA) is 80.5 Å². The quantitative estimate of drug-likeness (QED) is 0.818. The van der Waals surface area contributed by atoms with Crippen LogP contribution in [0, 0.1) is 5.82 Å². The minimum atomic E-state index is -0.296. The molecule has 2 aromatic rings. The highest BCUT2D eigenvalue weighted by Crippen LogP contribution is 2.29. The molecule has 1 amide bonds. The van der Waals surface area contributed by atoms with Crippen molar-refractivity contribution in [2.24, 2.45) is 0 Å². The van der Waals surface area contributed by atoms with Gasteiger partial charge in [-0.25, -0.2) is 4.39 Å². The average Bonchev–Trinajstić information content (AvgIpc) is 3.40. The molecule has 1 atom stereocenters. The van der Waals surface area contributed by atoms with Crippen LogP contribution in [0.15, 0.2) is 28.7 Å². The number of piperidine rings is 1. The fraction of sp³-hybridized carbons (Fsp3) is 0.550. The lowest BCUT2D eigenvalue weighted by molar-refractivity contribution is -0.123. The summed E-state index contributed by atoms with van der Waals surface area (Å²) in [5.41, 5.74) is 0.709. The first-order valence-electron chi connectivity index (χ1n) is 9.87. The Bertz CT molecular complexity index is 781. The van der Waals surface area contributed by atoms with Gasteiger partial charge in [-0.1, -0.05) is 0 Å². The van der Waals surface area contributed by atoms with Crippen LogP contribution in [0.25, 0.3) is 11.5 Å². The number of nitrogens with one attached hydrogen (secondary N) is 1. The normalized spacial score (nSPS) is 21.1. The van der Waals surface area contributed by atoms with Crippen LogP contribution < -0.4 is 5.32 Å². The highest BCUT2D eigenvalue weighted by molar-refractivity contribution is 5.78. The van der Waals surface area contributed by atoms with Crippen molar-refractivity contribution in [2.75, 3.05) is 32.8 Å². The summed E-state index contributed by atoms with van der Waals surface area (Å²) in [6, 6.07) is 6.01. The van der Waals surface area contributed by atoms with E-state index >= 15 is 0 Å². The van der Waals surface area contributed by atoms with Crippen LogP contribution >= 0.6 is 0 Å². The second-order valence-electron chi connectivity index (χ2n) is 7.44. The summed E-state index contributed by atoms with van der Waals surface area (Å²) in [4.78, 5) is 14.3. The molecule has 1 N–H and O–H groups in total. The van der Waals surface area contributed by atoms with E-state index in [1.165, 1.54) is 12.1 Å². The molecule has 0 saturated carbocycles. The number of aromatic nitrogens is 2. The van der Waals surface area contributed by atoms with Gasteiger partial charge in [-0.2, -0.15) is 0 Å². The highest BCUT2D eigenvalue weighted by atomic mass is 19.1. The second kappa shape index (κ2) is 8.79. The molecule has 1 aromatic carbocycles. The SMILES string of the molecule is O=C(CN1CCC(c2nnc(-c3ccc(F)cc3)o2)CC1)NCC1CCCO1. The average molecular weight is 388 g/mol. The lowest BCUT2D eigenvalue weighted by Crippen LogP contribution is -2.43. The lowest BCUT2D eigenvalue weighted by Gasteiger charge is -2.29. The second-order valence-corrected chi connectivity index (χ2v) is 7.44. The Morgan fingerprint density at radius 2 is 1.96 bits per heavy atom. The van der Waals surface area contributed by atoms with Crippen LogP contribution in [0.4, 0.5) is 4.39 Å². The van der Waals surface area contributed by atoms with Crippen LogP contribution in [0.2, 0.25) is 0 Å². The monoisotopic (exact) mass is 388 g/mol. The molecule has 28 heavy (non-hydrogen) atoms. The van der Waals surface area contributed by atoms with E-state index in [2.05, 4.69) is 20.4 Å². The van der Waals surface area contributed by atoms with Crippen LogP contribution in [0.3, 0.4) is 0 Å². The number of amides is 1. The Morgan fingerprint density at radius 3 is 2.68 bits per heavy atom. The van der Waals surface area contributed by atoms with Crippen molar-refractivity contribution in [3.05, 3.63) is 36.0 Å². The number of carbonyl (C=O) groups excluding carboxylic acids is 1. The zero-order valence-corrected chi connectivity index (χ0v) is 15.8. The van der Waals surface area contributed by atoms with E-state index in [1.54, 1.807) is 12.1 Å². The first-order chi connectivity index (χ1) is 13.7. The zero-order valence-electron chi connectivity index (χ0n) is 15.8. The third-order valence-electron chi connectivity index (χ3n) is 5.39. The van der Waals surface area contributed by atoms with Crippen molar-refractivity contribution in [1.82, 2.24) is 20.4 Å². The van der Waals surface area contributed by atoms with Gasteiger partial charge in [-0.3, -0.25) is 9.69 Å². The summed E-state index contributed by atoms with van der Waals surface area (Å²) in [6.07, 6.45) is 4.00. The van der Waals surface area contributed by atoms with Gasteiger partial charge in [0.1, 0.15) is 5.82 Å². The number of hydrogen-bond donors (Lipinski definition) is 1. The fourth-order valence-corrected chi connectivity index (χ4v) is 3.74. The van der Waals surface area contributed by atoms with Crippen molar-refractivity contribution in [1.29, 1.82) is 0 Å². The number of nitrogens with zero attached hydrogens (tertiary/aromatic N) is 3. The van der Waals surface area contributed by atoms with Gasteiger partial charge >= 0.3 is 0 Å². The number of carbonyl (C=O) groups is 1. The Kier molecular flexibility index (Phi) is 5.97. The van der Waals surface area contributed by atoms with E-state index in [0.29, 0.717) is 30.4 Å². The van der Waals surface area contributed by atoms with E-state index in [1.807, 2.05) is 0 Å². The van der Waals surface area contributed by atoms with Gasteiger partial charge in [0.15, 0.2) is 0 Å². The molecular formula is C20H25FN4O3. The van der Waals surface area contributed by atoms with Crippen LogP contribution in [-0.2, 0) is 9.53 Å². The van der Waals surface area contributed by atoms with Gasteiger partial charge in [0.05, 0.1) is 12.6 Å². The molecule has 2 aliphatic rings. The smallest absolute Gasteiger partial charge is 0.247 e. The molecule has 3 heterocycles. The highest BCUT2D eigenvalue weighted by Gasteiger charge is 2.26. The van der Waals surface area contributed by atoms with Crippen LogP contribution in [-0.4, -0.2) is 59.9 Å². The Morgan fingerprint density at radius 1 is 1.18 bits per heavy atom. The number of ether oxygens (including phenoxy) is 1. The van der Waals surface area contributed by atoms with E-state index in [4.69, 9.17) is 9.15 Å². The van der Waals surface area contributed by atoms with Gasteiger partial charge in [0, 0.05) is 24.6 Å². The third kappa shape index (κ3) is 4.74. The maximum Gasteiger partial charge on any atom is 0.247 e. The largest absolute Gasteiger partial charge is 0.420 e.